The molecule has 5 nitrogen and oxygen atoms in total. The molecule has 2 aliphatic rings. The Bertz CT molecular complexity index is 640. The highest BCUT2D eigenvalue weighted by Crippen LogP contribution is 2.31. The van der Waals surface area contributed by atoms with E-state index < -0.39 is 0 Å². The van der Waals surface area contributed by atoms with Crippen LogP contribution in [0.1, 0.15) is 64.7 Å². The number of benzene rings is 1. The molecule has 0 aromatic heterocycles. The Kier molecular flexibility index (Phi) is 9.28. The van der Waals surface area contributed by atoms with Crippen LogP contribution in [0.25, 0.3) is 0 Å². The number of likely N-dealkylation sites (tertiary alicyclic amines) is 1. The Morgan fingerprint density at radius 1 is 1.13 bits per heavy atom. The molecular formula is C24H37ClN2O3. The molecule has 3 rings (SSSR count). The summed E-state index contributed by atoms with van der Waals surface area (Å²) in [7, 11) is 1.44. The minimum Gasteiger partial charge on any atom is -0.452 e. The molecule has 1 aromatic rings. The van der Waals surface area contributed by atoms with E-state index in [4.69, 9.17) is 21.1 Å². The van der Waals surface area contributed by atoms with Gasteiger partial charge >= 0.3 is 6.09 Å². The van der Waals surface area contributed by atoms with Gasteiger partial charge in [0, 0.05) is 16.8 Å². The molecule has 0 N–H and O–H groups in total. The number of piperidine rings is 1. The van der Waals surface area contributed by atoms with Gasteiger partial charge < -0.3 is 14.4 Å². The summed E-state index contributed by atoms with van der Waals surface area (Å²) in [6.07, 6.45) is 10.5. The largest absolute Gasteiger partial charge is 0.452 e. The van der Waals surface area contributed by atoms with Gasteiger partial charge in [0.15, 0.2) is 0 Å². The standard InChI is InChI=1S/C24H37ClN2O3/c1-19(7-6-18-26-16-4-3-5-17-26)30-23-14-12-22(13-15-23)27(24(28)29-2)21-10-8-20(25)9-11-21/h8-11,19,22-23H,3-7,12-18H2,1-2H3. The quantitative estimate of drug-likeness (QED) is 0.509. The van der Waals surface area contributed by atoms with Crippen LogP contribution in [0.4, 0.5) is 10.5 Å². The van der Waals surface area contributed by atoms with Crippen molar-refractivity contribution >= 4 is 23.4 Å². The van der Waals surface area contributed by atoms with E-state index in [0.717, 1.165) is 37.8 Å². The van der Waals surface area contributed by atoms with Crippen LogP contribution in [0, 0.1) is 0 Å². The molecule has 1 unspecified atom stereocenters. The molecule has 0 bridgehead atoms. The van der Waals surface area contributed by atoms with Crippen LogP contribution >= 0.6 is 11.6 Å². The van der Waals surface area contributed by atoms with Gasteiger partial charge in [-0.05, 0) is 102 Å². The van der Waals surface area contributed by atoms with E-state index in [2.05, 4.69) is 11.8 Å². The normalized spacial score (nSPS) is 23.7. The first-order valence-electron chi connectivity index (χ1n) is 11.6. The summed E-state index contributed by atoms with van der Waals surface area (Å²) in [5.41, 5.74) is 0.835. The Labute approximate surface area is 186 Å². The second-order valence-corrected chi connectivity index (χ2v) is 9.17. The van der Waals surface area contributed by atoms with Crippen LogP contribution in [-0.2, 0) is 9.47 Å². The fourth-order valence-corrected chi connectivity index (χ4v) is 4.91. The van der Waals surface area contributed by atoms with Crippen molar-refractivity contribution in [3.63, 3.8) is 0 Å². The smallest absolute Gasteiger partial charge is 0.414 e. The Balaban J connectivity index is 1.43. The number of methoxy groups -OCH3 is 1. The van der Waals surface area contributed by atoms with E-state index in [-0.39, 0.29) is 18.2 Å². The highest BCUT2D eigenvalue weighted by Gasteiger charge is 2.31. The van der Waals surface area contributed by atoms with Crippen molar-refractivity contribution in [1.29, 1.82) is 0 Å². The minimum absolute atomic E-state index is 0.132. The summed E-state index contributed by atoms with van der Waals surface area (Å²) < 4.78 is 11.4. The van der Waals surface area contributed by atoms with Gasteiger partial charge in [-0.3, -0.25) is 4.90 Å². The maximum Gasteiger partial charge on any atom is 0.414 e. The van der Waals surface area contributed by atoms with Crippen LogP contribution in [0.15, 0.2) is 24.3 Å². The summed E-state index contributed by atoms with van der Waals surface area (Å²) in [5.74, 6) is 0. The number of amides is 1. The van der Waals surface area contributed by atoms with Crippen LogP contribution in [-0.4, -0.2) is 56.0 Å². The number of hydrogen-bond donors (Lipinski definition) is 0. The molecule has 6 heteroatoms. The van der Waals surface area contributed by atoms with E-state index in [1.807, 2.05) is 24.3 Å². The van der Waals surface area contributed by atoms with Crippen LogP contribution < -0.4 is 4.90 Å². The first kappa shape index (κ1) is 23.4. The number of carbonyl (C=O) groups is 1. The van der Waals surface area contributed by atoms with Crippen LogP contribution in [0.3, 0.4) is 0 Å². The zero-order valence-electron chi connectivity index (χ0n) is 18.5. The molecule has 1 aliphatic carbocycles. The third-order valence-corrected chi connectivity index (χ3v) is 6.70. The van der Waals surface area contributed by atoms with Gasteiger partial charge in [-0.15, -0.1) is 0 Å². The third-order valence-electron chi connectivity index (χ3n) is 6.44. The molecule has 1 atom stereocenters. The number of nitrogens with zero attached hydrogens (tertiary/aromatic N) is 2. The molecule has 1 aromatic carbocycles. The maximum absolute atomic E-state index is 12.4. The Morgan fingerprint density at radius 3 is 2.43 bits per heavy atom. The number of ether oxygens (including phenoxy) is 2. The van der Waals surface area contributed by atoms with E-state index in [9.17, 15) is 4.79 Å². The van der Waals surface area contributed by atoms with E-state index in [0.29, 0.717) is 11.1 Å². The second-order valence-electron chi connectivity index (χ2n) is 8.74. The molecular weight excluding hydrogens is 400 g/mol. The van der Waals surface area contributed by atoms with Gasteiger partial charge in [0.25, 0.3) is 0 Å². The summed E-state index contributed by atoms with van der Waals surface area (Å²) >= 11 is 6.01. The van der Waals surface area contributed by atoms with Crippen molar-refractivity contribution in [2.45, 2.75) is 83.0 Å². The molecule has 0 radical (unpaired) electrons. The fourth-order valence-electron chi connectivity index (χ4n) is 4.79. The SMILES string of the molecule is COC(=O)N(c1ccc(Cl)cc1)C1CCC(OC(C)CCCN2CCCCC2)CC1. The molecule has 1 aliphatic heterocycles. The van der Waals surface area contributed by atoms with Gasteiger partial charge in [0.2, 0.25) is 0 Å². The third kappa shape index (κ3) is 6.86. The van der Waals surface area contributed by atoms with Crippen molar-refractivity contribution in [2.75, 3.05) is 31.6 Å². The van der Waals surface area contributed by atoms with Crippen LogP contribution in [0.2, 0.25) is 5.02 Å². The highest BCUT2D eigenvalue weighted by molar-refractivity contribution is 6.30. The fraction of sp³-hybridized carbons (Fsp3) is 0.708. The van der Waals surface area contributed by atoms with Crippen molar-refractivity contribution < 1.29 is 14.3 Å². The lowest BCUT2D eigenvalue weighted by Crippen LogP contribution is -2.44. The van der Waals surface area contributed by atoms with Crippen LogP contribution in [0.5, 0.6) is 0 Å². The summed E-state index contributed by atoms with van der Waals surface area (Å²) in [6.45, 7) is 5.94. The predicted octanol–water partition coefficient (Wildman–Crippen LogP) is 5.90. The Morgan fingerprint density at radius 2 is 1.80 bits per heavy atom. The lowest BCUT2D eigenvalue weighted by molar-refractivity contribution is -0.0283. The van der Waals surface area contributed by atoms with Crippen molar-refractivity contribution in [3.05, 3.63) is 29.3 Å². The molecule has 1 heterocycles. The van der Waals surface area contributed by atoms with E-state index in [1.165, 1.54) is 52.4 Å². The molecule has 0 spiro atoms. The van der Waals surface area contributed by atoms with Gasteiger partial charge in [0.05, 0.1) is 19.3 Å². The summed E-state index contributed by atoms with van der Waals surface area (Å²) in [5, 5.41) is 0.662. The van der Waals surface area contributed by atoms with Gasteiger partial charge in [-0.25, -0.2) is 4.79 Å². The number of hydrogen-bond acceptors (Lipinski definition) is 4. The predicted molar refractivity (Wildman–Crippen MR) is 122 cm³/mol. The van der Waals surface area contributed by atoms with E-state index in [1.54, 1.807) is 4.90 Å². The number of rotatable bonds is 8. The van der Waals surface area contributed by atoms with E-state index >= 15 is 0 Å². The van der Waals surface area contributed by atoms with Gasteiger partial charge in [0.1, 0.15) is 0 Å². The van der Waals surface area contributed by atoms with Crippen molar-refractivity contribution in [1.82, 2.24) is 4.90 Å². The molecule has 30 heavy (non-hydrogen) atoms. The van der Waals surface area contributed by atoms with Crippen molar-refractivity contribution in [2.24, 2.45) is 0 Å². The highest BCUT2D eigenvalue weighted by atomic mass is 35.5. The monoisotopic (exact) mass is 436 g/mol. The number of carbonyl (C=O) groups excluding carboxylic acids is 1. The lowest BCUT2D eigenvalue weighted by atomic mass is 9.91. The summed E-state index contributed by atoms with van der Waals surface area (Å²) in [4.78, 5) is 16.8. The topological polar surface area (TPSA) is 42.0 Å². The maximum atomic E-state index is 12.4. The molecule has 168 valence electrons. The first-order chi connectivity index (χ1) is 14.6. The first-order valence-corrected chi connectivity index (χ1v) is 11.9. The van der Waals surface area contributed by atoms with Gasteiger partial charge in [-0.2, -0.15) is 0 Å². The number of anilines is 1. The number of halogens is 1. The lowest BCUT2D eigenvalue weighted by Gasteiger charge is -2.36. The minimum atomic E-state index is -0.312. The zero-order valence-corrected chi connectivity index (χ0v) is 19.3. The average molecular weight is 437 g/mol. The summed E-state index contributed by atoms with van der Waals surface area (Å²) in [6, 6.07) is 7.52. The molecule has 1 saturated carbocycles. The molecule has 1 amide bonds. The molecule has 1 saturated heterocycles. The van der Waals surface area contributed by atoms with Crippen molar-refractivity contribution in [3.8, 4) is 0 Å². The molecule has 2 fully saturated rings. The average Bonchev–Trinajstić information content (AvgIpc) is 2.77. The zero-order chi connectivity index (χ0) is 21.3. The van der Waals surface area contributed by atoms with Gasteiger partial charge in [-0.1, -0.05) is 18.0 Å². The second kappa shape index (κ2) is 11.9. The Hall–Kier alpha value is -1.30.